The van der Waals surface area contributed by atoms with Crippen LogP contribution in [-0.2, 0) is 4.79 Å². The van der Waals surface area contributed by atoms with Crippen molar-refractivity contribution in [1.82, 2.24) is 5.32 Å². The smallest absolute Gasteiger partial charge is 0.226 e. The Labute approximate surface area is 134 Å². The second kappa shape index (κ2) is 4.74. The lowest BCUT2D eigenvalue weighted by atomic mass is 9.49. The Morgan fingerprint density at radius 1 is 0.909 bits per heavy atom. The quantitative estimate of drug-likeness (QED) is 0.834. The van der Waals surface area contributed by atoms with Crippen LogP contribution in [0.4, 0.5) is 0 Å². The Morgan fingerprint density at radius 2 is 1.55 bits per heavy atom. The standard InChI is InChI=1S/C20H31NO/c1-12(18-8-13-2-3-17(18)7-13)21-19(22)20-9-14-4-15(10-20)6-16(5-14)11-20/h12-18H,2-11H2,1H3,(H,21,22)/t12-,13-,14?,15?,16?,17-,18-,20?/m1/s1. The monoisotopic (exact) mass is 301 g/mol. The molecule has 0 aliphatic heterocycles. The fraction of sp³-hybridized carbons (Fsp3) is 0.950. The van der Waals surface area contributed by atoms with Gasteiger partial charge in [0.2, 0.25) is 5.91 Å². The summed E-state index contributed by atoms with van der Waals surface area (Å²) in [7, 11) is 0. The van der Waals surface area contributed by atoms with Crippen LogP contribution in [0.1, 0.15) is 71.1 Å². The summed E-state index contributed by atoms with van der Waals surface area (Å²) < 4.78 is 0. The van der Waals surface area contributed by atoms with Crippen LogP contribution in [0.3, 0.4) is 0 Å². The van der Waals surface area contributed by atoms with Crippen molar-refractivity contribution in [1.29, 1.82) is 0 Å². The Hall–Kier alpha value is -0.530. The molecule has 6 saturated carbocycles. The van der Waals surface area contributed by atoms with Gasteiger partial charge in [0.25, 0.3) is 0 Å². The second-order valence-corrected chi connectivity index (χ2v) is 9.80. The maximum absolute atomic E-state index is 13.2. The number of carbonyl (C=O) groups is 1. The van der Waals surface area contributed by atoms with E-state index in [1.165, 1.54) is 64.2 Å². The van der Waals surface area contributed by atoms with Crippen LogP contribution >= 0.6 is 0 Å². The highest BCUT2D eigenvalue weighted by molar-refractivity contribution is 5.83. The topological polar surface area (TPSA) is 29.1 Å². The van der Waals surface area contributed by atoms with E-state index < -0.39 is 0 Å². The predicted molar refractivity (Wildman–Crippen MR) is 87.1 cm³/mol. The van der Waals surface area contributed by atoms with Crippen LogP contribution in [0.15, 0.2) is 0 Å². The zero-order valence-corrected chi connectivity index (χ0v) is 14.0. The first-order valence-electron chi connectivity index (χ1n) is 9.92. The lowest BCUT2D eigenvalue weighted by Crippen LogP contribution is -2.55. The maximum atomic E-state index is 13.2. The van der Waals surface area contributed by atoms with Gasteiger partial charge in [0.05, 0.1) is 0 Å². The summed E-state index contributed by atoms with van der Waals surface area (Å²) in [6, 6.07) is 0.413. The minimum Gasteiger partial charge on any atom is -0.353 e. The van der Waals surface area contributed by atoms with Gasteiger partial charge in [-0.15, -0.1) is 0 Å². The largest absolute Gasteiger partial charge is 0.353 e. The summed E-state index contributed by atoms with van der Waals surface area (Å²) in [4.78, 5) is 13.2. The molecule has 122 valence electrons. The average Bonchev–Trinajstić information content (AvgIpc) is 3.08. The van der Waals surface area contributed by atoms with Crippen molar-refractivity contribution in [3.05, 3.63) is 0 Å². The van der Waals surface area contributed by atoms with E-state index in [2.05, 4.69) is 12.2 Å². The van der Waals surface area contributed by atoms with Gasteiger partial charge in [0, 0.05) is 11.5 Å². The molecule has 6 fully saturated rings. The van der Waals surface area contributed by atoms with Crippen molar-refractivity contribution >= 4 is 5.91 Å². The molecule has 0 aromatic rings. The first-order chi connectivity index (χ1) is 10.6. The van der Waals surface area contributed by atoms with Gasteiger partial charge < -0.3 is 5.32 Å². The summed E-state index contributed by atoms with van der Waals surface area (Å²) in [6.45, 7) is 2.30. The third-order valence-electron chi connectivity index (χ3n) is 8.31. The molecule has 6 aliphatic carbocycles. The first-order valence-corrected chi connectivity index (χ1v) is 9.92. The highest BCUT2D eigenvalue weighted by Crippen LogP contribution is 2.60. The Kier molecular flexibility index (Phi) is 2.99. The third-order valence-corrected chi connectivity index (χ3v) is 8.31. The molecule has 6 aliphatic rings. The normalized spacial score (nSPS) is 53.0. The second-order valence-electron chi connectivity index (χ2n) is 9.80. The van der Waals surface area contributed by atoms with E-state index in [4.69, 9.17) is 0 Å². The number of hydrogen-bond donors (Lipinski definition) is 1. The zero-order chi connectivity index (χ0) is 14.9. The van der Waals surface area contributed by atoms with Crippen molar-refractivity contribution in [2.75, 3.05) is 0 Å². The zero-order valence-electron chi connectivity index (χ0n) is 14.0. The summed E-state index contributed by atoms with van der Waals surface area (Å²) in [5.74, 6) is 5.73. The van der Waals surface area contributed by atoms with Crippen molar-refractivity contribution in [2.24, 2.45) is 40.9 Å². The van der Waals surface area contributed by atoms with Gasteiger partial charge in [-0.25, -0.2) is 0 Å². The molecule has 2 heteroatoms. The fourth-order valence-corrected chi connectivity index (χ4v) is 7.76. The van der Waals surface area contributed by atoms with Gasteiger partial charge in [-0.3, -0.25) is 4.79 Å². The molecule has 0 spiro atoms. The molecule has 1 N–H and O–H groups in total. The first kappa shape index (κ1) is 13.9. The minimum atomic E-state index is 0.0423. The van der Waals surface area contributed by atoms with Gasteiger partial charge in [0.15, 0.2) is 0 Å². The van der Waals surface area contributed by atoms with E-state index in [9.17, 15) is 4.79 Å². The van der Waals surface area contributed by atoms with E-state index in [0.717, 1.165) is 35.5 Å². The molecule has 6 bridgehead atoms. The molecular formula is C20H31NO. The number of amides is 1. The number of carbonyl (C=O) groups excluding carboxylic acids is 1. The van der Waals surface area contributed by atoms with Crippen molar-refractivity contribution in [3.63, 3.8) is 0 Å². The molecule has 0 aromatic carbocycles. The number of rotatable bonds is 3. The molecule has 0 unspecified atom stereocenters. The number of hydrogen-bond acceptors (Lipinski definition) is 1. The SMILES string of the molecule is C[C@@H](NC(=O)C12CC3CC(CC(C3)C1)C2)[C@H]1C[C@@H]2CC[C@@H]1C2. The van der Waals surface area contributed by atoms with Gasteiger partial charge in [-0.2, -0.15) is 0 Å². The van der Waals surface area contributed by atoms with Gasteiger partial charge >= 0.3 is 0 Å². The molecule has 6 rings (SSSR count). The van der Waals surface area contributed by atoms with E-state index in [0.29, 0.717) is 11.9 Å². The average molecular weight is 301 g/mol. The highest BCUT2D eigenvalue weighted by Gasteiger charge is 2.55. The van der Waals surface area contributed by atoms with Crippen LogP contribution in [0.2, 0.25) is 0 Å². The molecular weight excluding hydrogens is 270 g/mol. The molecule has 4 atom stereocenters. The van der Waals surface area contributed by atoms with Gasteiger partial charge in [-0.05, 0) is 100 Å². The van der Waals surface area contributed by atoms with Crippen molar-refractivity contribution in [3.8, 4) is 0 Å². The molecule has 2 nitrogen and oxygen atoms in total. The Morgan fingerprint density at radius 3 is 2.05 bits per heavy atom. The lowest BCUT2D eigenvalue weighted by Gasteiger charge is -2.56. The Bertz CT molecular complexity index is 449. The molecule has 1 amide bonds. The van der Waals surface area contributed by atoms with E-state index >= 15 is 0 Å². The van der Waals surface area contributed by atoms with E-state index in [1.54, 1.807) is 0 Å². The van der Waals surface area contributed by atoms with Crippen molar-refractivity contribution < 1.29 is 4.79 Å². The molecule has 0 saturated heterocycles. The molecule has 0 radical (unpaired) electrons. The number of fused-ring (bicyclic) bond motifs is 2. The lowest BCUT2D eigenvalue weighted by molar-refractivity contribution is -0.147. The van der Waals surface area contributed by atoms with Crippen LogP contribution < -0.4 is 5.32 Å². The summed E-state index contributed by atoms with van der Waals surface area (Å²) >= 11 is 0. The highest BCUT2D eigenvalue weighted by atomic mass is 16.2. The van der Waals surface area contributed by atoms with Crippen LogP contribution in [-0.4, -0.2) is 11.9 Å². The van der Waals surface area contributed by atoms with E-state index in [-0.39, 0.29) is 5.41 Å². The molecule has 0 heterocycles. The number of nitrogens with one attached hydrogen (secondary N) is 1. The summed E-state index contributed by atoms with van der Waals surface area (Å²) in [5.41, 5.74) is 0.0423. The predicted octanol–water partition coefficient (Wildman–Crippen LogP) is 4.14. The summed E-state index contributed by atoms with van der Waals surface area (Å²) in [5, 5.41) is 3.52. The third kappa shape index (κ3) is 2.01. The Balaban J connectivity index is 1.29. The van der Waals surface area contributed by atoms with Gasteiger partial charge in [-0.1, -0.05) is 6.42 Å². The van der Waals surface area contributed by atoms with Crippen molar-refractivity contribution in [2.45, 2.75) is 77.2 Å². The maximum Gasteiger partial charge on any atom is 0.226 e. The van der Waals surface area contributed by atoms with E-state index in [1.807, 2.05) is 0 Å². The molecule has 22 heavy (non-hydrogen) atoms. The molecule has 0 aromatic heterocycles. The minimum absolute atomic E-state index is 0.0423. The van der Waals surface area contributed by atoms with Crippen LogP contribution in [0.5, 0.6) is 0 Å². The van der Waals surface area contributed by atoms with Gasteiger partial charge in [0.1, 0.15) is 0 Å². The van der Waals surface area contributed by atoms with Crippen LogP contribution in [0.25, 0.3) is 0 Å². The fourth-order valence-electron chi connectivity index (χ4n) is 7.76. The van der Waals surface area contributed by atoms with Crippen LogP contribution in [0, 0.1) is 40.9 Å². The summed E-state index contributed by atoms with van der Waals surface area (Å²) in [6.07, 6.45) is 13.6.